The summed E-state index contributed by atoms with van der Waals surface area (Å²) in [6, 6.07) is 68.8. The van der Waals surface area contributed by atoms with Crippen LogP contribution in [-0.4, -0.2) is 0 Å². The largest absolute Gasteiger partial charge is 0.455 e. The van der Waals surface area contributed by atoms with Gasteiger partial charge in [0.15, 0.2) is 0 Å². The van der Waals surface area contributed by atoms with E-state index in [0.29, 0.717) is 0 Å². The number of hydrogen-bond acceptors (Lipinski definition) is 3. The summed E-state index contributed by atoms with van der Waals surface area (Å²) in [5.74, 6) is 0. The second kappa shape index (κ2) is 12.5. The van der Waals surface area contributed by atoms with Crippen molar-refractivity contribution in [2.75, 3.05) is 4.90 Å². The molecule has 0 saturated heterocycles. The highest BCUT2D eigenvalue weighted by Crippen LogP contribution is 2.52. The second-order valence-electron chi connectivity index (χ2n) is 16.1. The minimum Gasteiger partial charge on any atom is -0.455 e. The molecule has 0 atom stereocenters. The van der Waals surface area contributed by atoms with Crippen molar-refractivity contribution in [2.24, 2.45) is 0 Å². The van der Waals surface area contributed by atoms with Gasteiger partial charge in [-0.1, -0.05) is 153 Å². The second-order valence-corrected chi connectivity index (χ2v) is 17.1. The van der Waals surface area contributed by atoms with Gasteiger partial charge in [0.05, 0.1) is 10.4 Å². The maximum absolute atomic E-state index is 6.92. The molecule has 274 valence electrons. The standard InChI is InChI=1S/C55H37NOS/c1-55(2)47-20-10-8-17-41(47)42-29-27-39(33-48(42)55)56(49-21-12-19-44-43-18-9-11-22-51(43)58-54(44)49)38-28-30-50-45(32-38)46-31-37-15-6-7-16-40(37)52(53(46)57-50)36-25-23-35(24-26-36)34-13-4-3-5-14-34/h3-33H,1-2H3. The molecule has 11 aromatic rings. The van der Waals surface area contributed by atoms with Crippen molar-refractivity contribution < 1.29 is 4.42 Å². The molecule has 0 amide bonds. The number of rotatable bonds is 5. The van der Waals surface area contributed by atoms with Gasteiger partial charge in [0, 0.05) is 48.6 Å². The Morgan fingerprint density at radius 2 is 1.14 bits per heavy atom. The maximum Gasteiger partial charge on any atom is 0.143 e. The SMILES string of the molecule is CC1(C)c2ccccc2-c2ccc(N(c3ccc4oc5c(-c6ccc(-c7ccccc7)cc6)c6ccccc6cc5c4c3)c3cccc4c3sc3ccccc34)cc21. The number of nitrogens with zero attached hydrogens (tertiary/aromatic N) is 1. The Labute approximate surface area is 340 Å². The van der Waals surface area contributed by atoms with Gasteiger partial charge < -0.3 is 9.32 Å². The average molecular weight is 760 g/mol. The molecule has 2 nitrogen and oxygen atoms in total. The third kappa shape index (κ3) is 4.90. The third-order valence-corrected chi connectivity index (χ3v) is 13.7. The number of fused-ring (bicyclic) bond motifs is 10. The van der Waals surface area contributed by atoms with E-state index in [2.05, 4.69) is 207 Å². The molecule has 1 aliphatic rings. The first kappa shape index (κ1) is 33.2. The van der Waals surface area contributed by atoms with Crippen LogP contribution in [-0.2, 0) is 5.41 Å². The lowest BCUT2D eigenvalue weighted by Gasteiger charge is -2.28. The van der Waals surface area contributed by atoms with Gasteiger partial charge in [0.25, 0.3) is 0 Å². The van der Waals surface area contributed by atoms with Crippen molar-refractivity contribution in [2.45, 2.75) is 19.3 Å². The lowest BCUT2D eigenvalue weighted by Crippen LogP contribution is -2.16. The Bertz CT molecular complexity index is 3420. The molecule has 0 unspecified atom stereocenters. The predicted molar refractivity (Wildman–Crippen MR) is 247 cm³/mol. The molecule has 3 heteroatoms. The Hall–Kier alpha value is -6.94. The van der Waals surface area contributed by atoms with Crippen LogP contribution in [0.15, 0.2) is 192 Å². The van der Waals surface area contributed by atoms with Gasteiger partial charge in [0.1, 0.15) is 11.2 Å². The van der Waals surface area contributed by atoms with Crippen LogP contribution in [0.25, 0.3) is 86.3 Å². The van der Waals surface area contributed by atoms with Gasteiger partial charge in [-0.3, -0.25) is 0 Å². The number of anilines is 3. The van der Waals surface area contributed by atoms with E-state index < -0.39 is 0 Å². The quantitative estimate of drug-likeness (QED) is 0.174. The van der Waals surface area contributed by atoms with Crippen LogP contribution in [0.2, 0.25) is 0 Å². The summed E-state index contributed by atoms with van der Waals surface area (Å²) in [4.78, 5) is 2.47. The van der Waals surface area contributed by atoms with Crippen LogP contribution in [0, 0.1) is 0 Å². The summed E-state index contributed by atoms with van der Waals surface area (Å²) in [6.07, 6.45) is 0. The van der Waals surface area contributed by atoms with Crippen molar-refractivity contribution >= 4 is 81.3 Å². The molecule has 58 heavy (non-hydrogen) atoms. The van der Waals surface area contributed by atoms with Crippen molar-refractivity contribution in [3.63, 3.8) is 0 Å². The summed E-state index contributed by atoms with van der Waals surface area (Å²) >= 11 is 1.87. The van der Waals surface area contributed by atoms with Gasteiger partial charge in [-0.2, -0.15) is 0 Å². The van der Waals surface area contributed by atoms with Crippen molar-refractivity contribution in [3.05, 3.63) is 199 Å². The summed E-state index contributed by atoms with van der Waals surface area (Å²) < 4.78 is 9.49. The van der Waals surface area contributed by atoms with Crippen LogP contribution in [0.5, 0.6) is 0 Å². The Balaban J connectivity index is 1.09. The highest BCUT2D eigenvalue weighted by molar-refractivity contribution is 7.26. The topological polar surface area (TPSA) is 16.4 Å². The van der Waals surface area contributed by atoms with Crippen LogP contribution < -0.4 is 4.90 Å². The third-order valence-electron chi connectivity index (χ3n) is 12.5. The fourth-order valence-corrected chi connectivity index (χ4v) is 10.8. The van der Waals surface area contributed by atoms with E-state index >= 15 is 0 Å². The summed E-state index contributed by atoms with van der Waals surface area (Å²) in [5, 5.41) is 7.16. The number of thiophene rings is 1. The van der Waals surface area contributed by atoms with Gasteiger partial charge in [-0.05, 0) is 98.2 Å². The zero-order valence-electron chi connectivity index (χ0n) is 32.2. The summed E-state index contributed by atoms with van der Waals surface area (Å²) in [6.45, 7) is 4.72. The van der Waals surface area contributed by atoms with E-state index in [1.807, 2.05) is 11.3 Å². The Morgan fingerprint density at radius 3 is 2.02 bits per heavy atom. The highest BCUT2D eigenvalue weighted by Gasteiger charge is 2.36. The minimum absolute atomic E-state index is 0.126. The first-order valence-corrected chi connectivity index (χ1v) is 20.8. The van der Waals surface area contributed by atoms with E-state index in [1.165, 1.54) is 70.0 Å². The molecule has 12 rings (SSSR count). The average Bonchev–Trinajstić information content (AvgIpc) is 3.91. The van der Waals surface area contributed by atoms with Gasteiger partial charge in [-0.25, -0.2) is 0 Å². The van der Waals surface area contributed by atoms with Crippen LogP contribution in [0.4, 0.5) is 17.1 Å². The molecule has 0 radical (unpaired) electrons. The fourth-order valence-electron chi connectivity index (χ4n) is 9.61. The zero-order chi connectivity index (χ0) is 38.5. The van der Waals surface area contributed by atoms with E-state index in [0.717, 1.165) is 44.4 Å². The molecule has 0 bridgehead atoms. The fraction of sp³-hybridized carbons (Fsp3) is 0.0545. The summed E-state index contributed by atoms with van der Waals surface area (Å²) in [5.41, 5.74) is 15.1. The van der Waals surface area contributed by atoms with Crippen LogP contribution in [0.3, 0.4) is 0 Å². The first-order valence-electron chi connectivity index (χ1n) is 20.0. The number of benzene rings is 9. The van der Waals surface area contributed by atoms with Crippen molar-refractivity contribution in [1.29, 1.82) is 0 Å². The maximum atomic E-state index is 6.92. The van der Waals surface area contributed by atoms with E-state index in [1.54, 1.807) is 0 Å². The number of furan rings is 1. The monoisotopic (exact) mass is 759 g/mol. The van der Waals surface area contributed by atoms with E-state index in [-0.39, 0.29) is 5.41 Å². The van der Waals surface area contributed by atoms with Gasteiger partial charge in [0.2, 0.25) is 0 Å². The van der Waals surface area contributed by atoms with Crippen molar-refractivity contribution in [3.8, 4) is 33.4 Å². The van der Waals surface area contributed by atoms with Gasteiger partial charge in [-0.15, -0.1) is 11.3 Å². The molecule has 0 aliphatic heterocycles. The molecular formula is C55H37NOS. The van der Waals surface area contributed by atoms with Crippen LogP contribution in [0.1, 0.15) is 25.0 Å². The first-order chi connectivity index (χ1) is 28.5. The lowest BCUT2D eigenvalue weighted by atomic mass is 9.82. The molecule has 1 aliphatic carbocycles. The predicted octanol–water partition coefficient (Wildman–Crippen LogP) is 16.2. The highest BCUT2D eigenvalue weighted by atomic mass is 32.1. The molecule has 0 fully saturated rings. The lowest BCUT2D eigenvalue weighted by molar-refractivity contribution is 0.660. The van der Waals surface area contributed by atoms with E-state index in [9.17, 15) is 0 Å². The number of hydrogen-bond donors (Lipinski definition) is 0. The molecular weight excluding hydrogens is 723 g/mol. The minimum atomic E-state index is -0.126. The normalized spacial score (nSPS) is 13.1. The molecule has 2 aromatic heterocycles. The molecule has 0 spiro atoms. The Kier molecular flexibility index (Phi) is 7.18. The zero-order valence-corrected chi connectivity index (χ0v) is 33.0. The van der Waals surface area contributed by atoms with Crippen LogP contribution >= 0.6 is 11.3 Å². The van der Waals surface area contributed by atoms with Crippen molar-refractivity contribution in [1.82, 2.24) is 0 Å². The molecule has 9 aromatic carbocycles. The van der Waals surface area contributed by atoms with Gasteiger partial charge >= 0.3 is 0 Å². The molecule has 2 heterocycles. The van der Waals surface area contributed by atoms with E-state index in [4.69, 9.17) is 4.42 Å². The summed E-state index contributed by atoms with van der Waals surface area (Å²) in [7, 11) is 0. The Morgan fingerprint density at radius 1 is 0.466 bits per heavy atom. The molecule has 0 N–H and O–H groups in total. The molecule has 0 saturated carbocycles. The smallest absolute Gasteiger partial charge is 0.143 e.